The smallest absolute Gasteiger partial charge is 0.344 e. The number of sulfonamides is 1. The second kappa shape index (κ2) is 13.4. The van der Waals surface area contributed by atoms with Crippen LogP contribution in [0.25, 0.3) is 11.1 Å². The Hall–Kier alpha value is -4.17. The van der Waals surface area contributed by atoms with Gasteiger partial charge in [0.05, 0.1) is 23.6 Å². The molecule has 8 nitrogen and oxygen atoms in total. The van der Waals surface area contributed by atoms with Crippen LogP contribution in [0, 0.1) is 0 Å². The van der Waals surface area contributed by atoms with Crippen LogP contribution in [0.4, 0.5) is 0 Å². The molecular formula is C34H39NO7S. The lowest BCUT2D eigenvalue weighted by Crippen LogP contribution is -2.34. The minimum atomic E-state index is -4.20. The number of ether oxygens (including phenoxy) is 3. The number of hydrogen-bond acceptors (Lipinski definition) is 7. The minimum absolute atomic E-state index is 0.0228. The molecule has 43 heavy (non-hydrogen) atoms. The van der Waals surface area contributed by atoms with Gasteiger partial charge in [0.1, 0.15) is 22.5 Å². The first-order valence-corrected chi connectivity index (χ1v) is 15.2. The maximum atomic E-state index is 13.7. The summed E-state index contributed by atoms with van der Waals surface area (Å²) in [4.78, 5) is 26.5. The number of methoxy groups -OCH3 is 1. The van der Waals surface area contributed by atoms with Crippen LogP contribution >= 0.6 is 0 Å². The molecule has 0 bridgehead atoms. The van der Waals surface area contributed by atoms with E-state index in [1.165, 1.54) is 38.3 Å². The quantitative estimate of drug-likeness (QED) is 0.168. The van der Waals surface area contributed by atoms with Gasteiger partial charge in [0, 0.05) is 0 Å². The Labute approximate surface area is 254 Å². The average molecular weight is 606 g/mol. The van der Waals surface area contributed by atoms with Crippen molar-refractivity contribution in [1.29, 1.82) is 0 Å². The van der Waals surface area contributed by atoms with Crippen LogP contribution in [0.3, 0.4) is 0 Å². The summed E-state index contributed by atoms with van der Waals surface area (Å²) >= 11 is 0. The predicted octanol–water partition coefficient (Wildman–Crippen LogP) is 6.54. The third-order valence-electron chi connectivity index (χ3n) is 5.93. The largest absolute Gasteiger partial charge is 0.497 e. The van der Waals surface area contributed by atoms with Crippen LogP contribution in [-0.4, -0.2) is 38.7 Å². The van der Waals surface area contributed by atoms with Gasteiger partial charge in [-0.05, 0) is 89.4 Å². The zero-order chi connectivity index (χ0) is 32.0. The number of benzene rings is 3. The van der Waals surface area contributed by atoms with Crippen molar-refractivity contribution in [1.82, 2.24) is 4.72 Å². The predicted molar refractivity (Wildman–Crippen MR) is 166 cm³/mol. The lowest BCUT2D eigenvalue weighted by atomic mass is 9.96. The summed E-state index contributed by atoms with van der Waals surface area (Å²) in [6.45, 7) is 11.7. The summed E-state index contributed by atoms with van der Waals surface area (Å²) < 4.78 is 46.3. The highest BCUT2D eigenvalue weighted by atomic mass is 32.2. The fourth-order valence-electron chi connectivity index (χ4n) is 3.95. The van der Waals surface area contributed by atoms with E-state index in [0.29, 0.717) is 11.3 Å². The van der Waals surface area contributed by atoms with Crippen LogP contribution < -0.4 is 9.46 Å². The maximum absolute atomic E-state index is 13.7. The Kier molecular flexibility index (Phi) is 10.4. The van der Waals surface area contributed by atoms with E-state index in [9.17, 15) is 18.0 Å². The van der Waals surface area contributed by atoms with Crippen molar-refractivity contribution in [2.75, 3.05) is 7.11 Å². The van der Waals surface area contributed by atoms with E-state index in [0.717, 1.165) is 11.1 Å². The summed E-state index contributed by atoms with van der Waals surface area (Å²) in [6.07, 6.45) is 0. The van der Waals surface area contributed by atoms with Gasteiger partial charge in [0.25, 0.3) is 0 Å². The Morgan fingerprint density at radius 1 is 0.744 bits per heavy atom. The monoisotopic (exact) mass is 605 g/mol. The van der Waals surface area contributed by atoms with E-state index in [2.05, 4.69) is 10.5 Å². The summed E-state index contributed by atoms with van der Waals surface area (Å²) in [5.41, 5.74) is 3.19. The number of carbonyl (C=O) groups is 2. The molecule has 0 aliphatic heterocycles. The van der Waals surface area contributed by atoms with Gasteiger partial charge in [-0.2, -0.15) is 4.72 Å². The van der Waals surface area contributed by atoms with Gasteiger partial charge < -0.3 is 14.2 Å². The molecule has 228 valence electrons. The van der Waals surface area contributed by atoms with E-state index >= 15 is 0 Å². The number of rotatable bonds is 9. The number of carbonyl (C=O) groups excluding carboxylic acids is 2. The van der Waals surface area contributed by atoms with Crippen LogP contribution in [0.1, 0.15) is 60.1 Å². The summed E-state index contributed by atoms with van der Waals surface area (Å²) in [5.74, 6) is -1.06. The van der Waals surface area contributed by atoms with Crippen LogP contribution in [0.5, 0.6) is 5.75 Å². The van der Waals surface area contributed by atoms with E-state index in [4.69, 9.17) is 14.2 Å². The molecule has 0 radical (unpaired) electrons. The van der Waals surface area contributed by atoms with E-state index in [1.54, 1.807) is 53.7 Å². The Morgan fingerprint density at radius 3 is 1.77 bits per heavy atom. The summed E-state index contributed by atoms with van der Waals surface area (Å²) in [7, 11) is -2.72. The normalized spacial score (nSPS) is 12.5. The lowest BCUT2D eigenvalue weighted by molar-refractivity contribution is -0.150. The van der Waals surface area contributed by atoms with E-state index < -0.39 is 39.2 Å². The second-order valence-electron chi connectivity index (χ2n) is 11.9. The van der Waals surface area contributed by atoms with Crippen molar-refractivity contribution in [3.63, 3.8) is 0 Å². The molecule has 0 aromatic heterocycles. The van der Waals surface area contributed by atoms with Crippen LogP contribution in [0.2, 0.25) is 0 Å². The van der Waals surface area contributed by atoms with Crippen molar-refractivity contribution in [2.24, 2.45) is 0 Å². The molecule has 1 N–H and O–H groups in total. The number of nitrogens with one attached hydrogen (secondary N) is 1. The molecule has 1 atom stereocenters. The molecule has 0 saturated carbocycles. The molecule has 0 aliphatic carbocycles. The van der Waals surface area contributed by atoms with Gasteiger partial charge in [0.15, 0.2) is 0 Å². The van der Waals surface area contributed by atoms with Gasteiger partial charge in [-0.3, -0.25) is 0 Å². The van der Waals surface area contributed by atoms with Crippen LogP contribution in [0.15, 0.2) is 101 Å². The highest BCUT2D eigenvalue weighted by Crippen LogP contribution is 2.30. The number of esters is 2. The molecule has 3 rings (SSSR count). The standard InChI is InChI=1S/C34H39NO7S/c1-23(31(36)41-33(2,3)4)22-29(32(37)42-34(5,6)7)30(35-43(38,39)28-20-18-27(40-8)19-21-28)26-16-14-25(15-17-26)24-12-10-9-11-13-24/h9-21,30,35H,1-8H3. The lowest BCUT2D eigenvalue weighted by Gasteiger charge is -2.25. The molecule has 0 spiro atoms. The highest BCUT2D eigenvalue weighted by Gasteiger charge is 2.32. The first kappa shape index (κ1) is 33.3. The fourth-order valence-corrected chi connectivity index (χ4v) is 5.15. The third-order valence-corrected chi connectivity index (χ3v) is 7.37. The van der Waals surface area contributed by atoms with E-state index in [1.807, 2.05) is 42.5 Å². The Morgan fingerprint density at radius 2 is 1.26 bits per heavy atom. The van der Waals surface area contributed by atoms with Crippen molar-refractivity contribution < 1.29 is 32.2 Å². The Balaban J connectivity index is 2.23. The average Bonchev–Trinajstić information content (AvgIpc) is 2.93. The first-order valence-electron chi connectivity index (χ1n) is 13.7. The number of hydrogen-bond donors (Lipinski definition) is 1. The SMILES string of the molecule is COc1ccc(S(=O)(=O)NC(C(=C=C(C)C(=O)OC(C)(C)C)C(=O)OC(C)(C)C)c2ccc(-c3ccccc3)cc2)cc1. The molecule has 0 fully saturated rings. The van der Waals surface area contributed by atoms with Gasteiger partial charge >= 0.3 is 11.9 Å². The minimum Gasteiger partial charge on any atom is -0.497 e. The molecule has 0 amide bonds. The molecule has 1 unspecified atom stereocenters. The zero-order valence-corrected chi connectivity index (χ0v) is 26.7. The topological polar surface area (TPSA) is 108 Å². The van der Waals surface area contributed by atoms with Gasteiger partial charge in [-0.25, -0.2) is 18.0 Å². The third kappa shape index (κ3) is 9.68. The molecule has 0 saturated heterocycles. The van der Waals surface area contributed by atoms with Crippen molar-refractivity contribution >= 4 is 22.0 Å². The van der Waals surface area contributed by atoms with Gasteiger partial charge in [0.2, 0.25) is 10.0 Å². The van der Waals surface area contributed by atoms with Crippen molar-refractivity contribution in [3.8, 4) is 16.9 Å². The molecule has 3 aromatic rings. The summed E-state index contributed by atoms with van der Waals surface area (Å²) in [6, 6.07) is 21.3. The van der Waals surface area contributed by atoms with Crippen molar-refractivity contribution in [3.05, 3.63) is 101 Å². The second-order valence-corrected chi connectivity index (χ2v) is 13.6. The molecule has 9 heteroatoms. The molecule has 3 aromatic carbocycles. The van der Waals surface area contributed by atoms with Gasteiger partial charge in [-0.1, -0.05) is 60.3 Å². The fraction of sp³-hybridized carbons (Fsp3) is 0.324. The molecule has 0 heterocycles. The highest BCUT2D eigenvalue weighted by molar-refractivity contribution is 7.89. The maximum Gasteiger partial charge on any atom is 0.344 e. The Bertz CT molecular complexity index is 1610. The van der Waals surface area contributed by atoms with E-state index in [-0.39, 0.29) is 16.0 Å². The zero-order valence-electron chi connectivity index (χ0n) is 25.8. The molecule has 0 aliphatic rings. The molecular weight excluding hydrogens is 566 g/mol. The van der Waals surface area contributed by atoms with Crippen LogP contribution in [-0.2, 0) is 29.1 Å². The van der Waals surface area contributed by atoms with Gasteiger partial charge in [-0.15, -0.1) is 0 Å². The summed E-state index contributed by atoms with van der Waals surface area (Å²) in [5, 5.41) is 0. The van der Waals surface area contributed by atoms with Crippen molar-refractivity contribution in [2.45, 2.75) is 70.6 Å². The first-order chi connectivity index (χ1) is 20.0.